The lowest BCUT2D eigenvalue weighted by Crippen LogP contribution is -2.27. The third-order valence-corrected chi connectivity index (χ3v) is 5.88. The van der Waals surface area contributed by atoms with E-state index in [0.29, 0.717) is 23.3 Å². The molecule has 0 unspecified atom stereocenters. The van der Waals surface area contributed by atoms with Gasteiger partial charge in [-0.3, -0.25) is 14.5 Å². The van der Waals surface area contributed by atoms with E-state index in [2.05, 4.69) is 16.0 Å². The predicted molar refractivity (Wildman–Crippen MR) is 127 cm³/mol. The summed E-state index contributed by atoms with van der Waals surface area (Å²) in [5.74, 6) is -1.18. The number of aromatic nitrogens is 2. The zero-order valence-corrected chi connectivity index (χ0v) is 19.8. The van der Waals surface area contributed by atoms with E-state index in [9.17, 15) is 19.2 Å². The normalized spacial score (nSPS) is 14.3. The summed E-state index contributed by atoms with van der Waals surface area (Å²) in [6, 6.07) is 13.6. The van der Waals surface area contributed by atoms with Crippen LogP contribution in [0.4, 0.5) is 9.18 Å². The fraction of sp³-hybridized carbons (Fsp3) is 0.125. The zero-order chi connectivity index (χ0) is 24.9. The van der Waals surface area contributed by atoms with Crippen molar-refractivity contribution in [3.8, 4) is 23.4 Å². The molecule has 0 aliphatic carbocycles. The molecule has 0 N–H and O–H groups in total. The molecule has 4 rings (SSSR count). The quantitative estimate of drug-likeness (QED) is 0.300. The van der Waals surface area contributed by atoms with Crippen LogP contribution < -0.4 is 9.47 Å². The predicted octanol–water partition coefficient (Wildman–Crippen LogP) is 5.57. The number of imide groups is 1. The molecule has 35 heavy (non-hydrogen) atoms. The number of thioether (sulfide) groups is 1. The molecule has 0 atom stereocenters. The summed E-state index contributed by atoms with van der Waals surface area (Å²) < 4.78 is 25.1. The summed E-state index contributed by atoms with van der Waals surface area (Å²) in [5.41, 5.74) is 1.54. The summed E-state index contributed by atoms with van der Waals surface area (Å²) in [5, 5.41) is 8.66. The Morgan fingerprint density at radius 3 is 2.80 bits per heavy atom. The SMILES string of the molecule is CCOc1cc(/C=C2/SC(=O)N(Cc3ccccc3C#N)C2=O)ccc1Oc1nc(Cl)ncc1F. The summed E-state index contributed by atoms with van der Waals surface area (Å²) in [6.45, 7) is 2.06. The van der Waals surface area contributed by atoms with Gasteiger partial charge in [0.1, 0.15) is 0 Å². The molecule has 0 radical (unpaired) electrons. The molecule has 1 saturated heterocycles. The molecule has 0 bridgehead atoms. The Hall–Kier alpha value is -3.94. The highest BCUT2D eigenvalue weighted by Crippen LogP contribution is 2.37. The van der Waals surface area contributed by atoms with Crippen molar-refractivity contribution in [2.75, 3.05) is 6.61 Å². The van der Waals surface area contributed by atoms with Gasteiger partial charge in [-0.1, -0.05) is 24.3 Å². The van der Waals surface area contributed by atoms with Crippen molar-refractivity contribution in [3.05, 3.63) is 81.4 Å². The third-order valence-electron chi connectivity index (χ3n) is 4.79. The molecule has 1 fully saturated rings. The third kappa shape index (κ3) is 5.42. The largest absolute Gasteiger partial charge is 0.490 e. The molecule has 2 heterocycles. The summed E-state index contributed by atoms with van der Waals surface area (Å²) in [4.78, 5) is 34.0. The molecule has 1 aliphatic heterocycles. The van der Waals surface area contributed by atoms with Gasteiger partial charge in [0.15, 0.2) is 11.5 Å². The van der Waals surface area contributed by atoms with Gasteiger partial charge in [-0.15, -0.1) is 0 Å². The van der Waals surface area contributed by atoms with Gasteiger partial charge in [-0.05, 0) is 65.7 Å². The molecule has 8 nitrogen and oxygen atoms in total. The number of hydrogen-bond acceptors (Lipinski definition) is 8. The average Bonchev–Trinajstić information content (AvgIpc) is 3.10. The smallest absolute Gasteiger partial charge is 0.293 e. The molecule has 0 spiro atoms. The van der Waals surface area contributed by atoms with Gasteiger partial charge < -0.3 is 9.47 Å². The highest BCUT2D eigenvalue weighted by molar-refractivity contribution is 8.18. The highest BCUT2D eigenvalue weighted by Gasteiger charge is 2.35. The van der Waals surface area contributed by atoms with Crippen molar-refractivity contribution >= 4 is 40.6 Å². The van der Waals surface area contributed by atoms with Gasteiger partial charge in [0.05, 0.1) is 35.9 Å². The first kappa shape index (κ1) is 24.2. The van der Waals surface area contributed by atoms with E-state index in [1.54, 1.807) is 49.4 Å². The Morgan fingerprint density at radius 2 is 2.03 bits per heavy atom. The summed E-state index contributed by atoms with van der Waals surface area (Å²) in [6.07, 6.45) is 2.44. The van der Waals surface area contributed by atoms with Gasteiger partial charge in [0.25, 0.3) is 17.0 Å². The minimum atomic E-state index is -0.799. The Bertz CT molecular complexity index is 1390. The number of benzene rings is 2. The van der Waals surface area contributed by atoms with Gasteiger partial charge >= 0.3 is 0 Å². The molecule has 1 aliphatic rings. The fourth-order valence-corrected chi connectivity index (χ4v) is 4.16. The van der Waals surface area contributed by atoms with E-state index < -0.39 is 17.0 Å². The topological polar surface area (TPSA) is 105 Å². The Kier molecular flexibility index (Phi) is 7.29. The second kappa shape index (κ2) is 10.5. The number of rotatable bonds is 7. The van der Waals surface area contributed by atoms with E-state index in [-0.39, 0.29) is 34.1 Å². The van der Waals surface area contributed by atoms with Gasteiger partial charge in [0, 0.05) is 0 Å². The van der Waals surface area contributed by atoms with E-state index in [0.717, 1.165) is 22.9 Å². The van der Waals surface area contributed by atoms with Crippen molar-refractivity contribution in [2.45, 2.75) is 13.5 Å². The number of ether oxygens (including phenoxy) is 2. The summed E-state index contributed by atoms with van der Waals surface area (Å²) >= 11 is 6.52. The van der Waals surface area contributed by atoms with Crippen molar-refractivity contribution in [1.82, 2.24) is 14.9 Å². The number of nitriles is 1. The van der Waals surface area contributed by atoms with Crippen molar-refractivity contribution in [3.63, 3.8) is 0 Å². The maximum Gasteiger partial charge on any atom is 0.293 e. The van der Waals surface area contributed by atoms with Crippen molar-refractivity contribution in [1.29, 1.82) is 5.26 Å². The molecule has 1 aromatic heterocycles. The van der Waals surface area contributed by atoms with E-state index in [4.69, 9.17) is 21.1 Å². The molecular formula is C24H16ClFN4O4S. The Labute approximate surface area is 209 Å². The number of carbonyl (C=O) groups excluding carboxylic acids is 2. The van der Waals surface area contributed by atoms with Crippen LogP contribution in [0.1, 0.15) is 23.6 Å². The first-order valence-corrected chi connectivity index (χ1v) is 11.4. The molecule has 2 amide bonds. The highest BCUT2D eigenvalue weighted by atomic mass is 35.5. The van der Waals surface area contributed by atoms with Crippen LogP contribution in [0, 0.1) is 17.1 Å². The molecule has 2 aromatic carbocycles. The Morgan fingerprint density at radius 1 is 1.23 bits per heavy atom. The van der Waals surface area contributed by atoms with E-state index >= 15 is 0 Å². The van der Waals surface area contributed by atoms with Gasteiger partial charge in [-0.2, -0.15) is 14.6 Å². The average molecular weight is 511 g/mol. The second-order valence-electron chi connectivity index (χ2n) is 7.07. The fourth-order valence-electron chi connectivity index (χ4n) is 3.20. The van der Waals surface area contributed by atoms with E-state index in [1.807, 2.05) is 0 Å². The van der Waals surface area contributed by atoms with Crippen LogP contribution in [0.15, 0.2) is 53.6 Å². The van der Waals surface area contributed by atoms with Crippen LogP contribution >= 0.6 is 23.4 Å². The first-order valence-electron chi connectivity index (χ1n) is 10.3. The first-order chi connectivity index (χ1) is 16.9. The van der Waals surface area contributed by atoms with Gasteiger partial charge in [-0.25, -0.2) is 4.98 Å². The maximum absolute atomic E-state index is 14.0. The Balaban J connectivity index is 1.58. The van der Waals surface area contributed by atoms with Crippen LogP contribution in [-0.2, 0) is 11.3 Å². The maximum atomic E-state index is 14.0. The lowest BCUT2D eigenvalue weighted by molar-refractivity contribution is -0.123. The number of nitrogens with zero attached hydrogens (tertiary/aromatic N) is 4. The molecule has 11 heteroatoms. The van der Waals surface area contributed by atoms with Crippen molar-refractivity contribution in [2.24, 2.45) is 0 Å². The lowest BCUT2D eigenvalue weighted by Gasteiger charge is -2.13. The van der Waals surface area contributed by atoms with Crippen LogP contribution in [0.2, 0.25) is 5.28 Å². The molecule has 3 aromatic rings. The monoisotopic (exact) mass is 510 g/mol. The molecular weight excluding hydrogens is 495 g/mol. The molecule has 0 saturated carbocycles. The number of hydrogen-bond donors (Lipinski definition) is 0. The second-order valence-corrected chi connectivity index (χ2v) is 8.40. The van der Waals surface area contributed by atoms with Crippen LogP contribution in [0.5, 0.6) is 17.4 Å². The van der Waals surface area contributed by atoms with Crippen molar-refractivity contribution < 1.29 is 23.5 Å². The number of amides is 2. The minimum Gasteiger partial charge on any atom is -0.490 e. The number of halogens is 2. The van der Waals surface area contributed by atoms with Gasteiger partial charge in [0.2, 0.25) is 11.1 Å². The number of carbonyl (C=O) groups is 2. The minimum absolute atomic E-state index is 0.00420. The lowest BCUT2D eigenvalue weighted by atomic mass is 10.1. The standard InChI is InChI=1S/C24H16ClFN4O4S/c1-2-33-19-9-14(7-8-18(19)34-21-17(26)12-28-23(25)29-21)10-20-22(31)30(24(32)35-20)13-16-6-4-3-5-15(16)11-27/h3-10,12H,2,13H2,1H3/b20-10+. The van der Waals surface area contributed by atoms with E-state index in [1.165, 1.54) is 6.07 Å². The molecule has 176 valence electrons. The summed E-state index contributed by atoms with van der Waals surface area (Å²) in [7, 11) is 0. The van der Waals surface area contributed by atoms with Crippen LogP contribution in [-0.4, -0.2) is 32.6 Å². The van der Waals surface area contributed by atoms with Crippen LogP contribution in [0.25, 0.3) is 6.08 Å². The zero-order valence-electron chi connectivity index (χ0n) is 18.2. The van der Waals surface area contributed by atoms with Crippen LogP contribution in [0.3, 0.4) is 0 Å².